The van der Waals surface area contributed by atoms with E-state index in [0.717, 1.165) is 39.1 Å². The Balaban J connectivity index is 1.99. The summed E-state index contributed by atoms with van der Waals surface area (Å²) in [5.74, 6) is 0.100. The Labute approximate surface area is 179 Å². The van der Waals surface area contributed by atoms with Crippen molar-refractivity contribution in [2.75, 3.05) is 0 Å². The molecule has 0 bridgehead atoms. The molecule has 0 N–H and O–H groups in total. The highest BCUT2D eigenvalue weighted by Gasteiger charge is 2.27. The molecule has 0 heterocycles. The molecule has 0 radical (unpaired) electrons. The van der Waals surface area contributed by atoms with Crippen molar-refractivity contribution in [1.29, 1.82) is 0 Å². The summed E-state index contributed by atoms with van der Waals surface area (Å²) >= 11 is 0. The van der Waals surface area contributed by atoms with Gasteiger partial charge in [-0.15, -0.1) is 0 Å². The van der Waals surface area contributed by atoms with E-state index in [0.29, 0.717) is 0 Å². The predicted molar refractivity (Wildman–Crippen MR) is 124 cm³/mol. The highest BCUT2D eigenvalue weighted by molar-refractivity contribution is 6.10. The van der Waals surface area contributed by atoms with Gasteiger partial charge in [0.05, 0.1) is 11.9 Å². The van der Waals surface area contributed by atoms with Crippen LogP contribution in [0.2, 0.25) is 0 Å². The van der Waals surface area contributed by atoms with Crippen LogP contribution in [0.5, 0.6) is 0 Å². The fourth-order valence-electron chi connectivity index (χ4n) is 3.46. The molecule has 0 saturated carbocycles. The van der Waals surface area contributed by atoms with Crippen LogP contribution in [0.15, 0.2) is 112 Å². The summed E-state index contributed by atoms with van der Waals surface area (Å²) in [6.07, 6.45) is 5.51. The molecule has 2 aromatic rings. The zero-order chi connectivity index (χ0) is 21.7. The second-order valence-corrected chi connectivity index (χ2v) is 8.50. The van der Waals surface area contributed by atoms with Crippen LogP contribution in [0.4, 0.5) is 0 Å². The van der Waals surface area contributed by atoms with E-state index in [1.165, 1.54) is 0 Å². The quantitative estimate of drug-likeness (QED) is 0.500. The van der Waals surface area contributed by atoms with Crippen molar-refractivity contribution in [3.05, 3.63) is 113 Å². The number of carbonyl (C=O) groups is 1. The second kappa shape index (κ2) is 9.00. The average molecular weight is 397 g/mol. The van der Waals surface area contributed by atoms with Crippen LogP contribution in [0.25, 0.3) is 5.57 Å². The molecule has 0 unspecified atom stereocenters. The van der Waals surface area contributed by atoms with Gasteiger partial charge in [-0.1, -0.05) is 81.4 Å². The van der Waals surface area contributed by atoms with Crippen LogP contribution in [-0.4, -0.2) is 5.78 Å². The minimum absolute atomic E-state index is 0.100. The Morgan fingerprint density at radius 2 is 1.40 bits per heavy atom. The van der Waals surface area contributed by atoms with Crippen molar-refractivity contribution in [3.63, 3.8) is 0 Å². The Kier molecular flexibility index (Phi) is 6.41. The first-order valence-electron chi connectivity index (χ1n) is 10.2. The maximum absolute atomic E-state index is 12.5. The smallest absolute Gasteiger partial charge is 0.185 e. The van der Waals surface area contributed by atoms with Crippen LogP contribution in [0, 0.1) is 5.41 Å². The highest BCUT2D eigenvalue weighted by atomic mass is 16.1. The van der Waals surface area contributed by atoms with Gasteiger partial charge in [0, 0.05) is 11.1 Å². The summed E-state index contributed by atoms with van der Waals surface area (Å²) in [5.41, 5.74) is 6.27. The Hall–Kier alpha value is -3.33. The topological polar surface area (TPSA) is 41.8 Å². The third-order valence-corrected chi connectivity index (χ3v) is 5.01. The van der Waals surface area contributed by atoms with E-state index in [4.69, 9.17) is 0 Å². The maximum atomic E-state index is 12.5. The number of hydrogen-bond acceptors (Lipinski definition) is 3. The lowest BCUT2D eigenvalue weighted by Gasteiger charge is -2.24. The van der Waals surface area contributed by atoms with E-state index in [2.05, 4.69) is 34.5 Å². The first-order valence-corrected chi connectivity index (χ1v) is 10.2. The summed E-state index contributed by atoms with van der Waals surface area (Å²) in [7, 11) is 0. The zero-order valence-electron chi connectivity index (χ0n) is 18.3. The molecule has 0 fully saturated rings. The van der Waals surface area contributed by atoms with Crippen molar-refractivity contribution in [2.45, 2.75) is 34.6 Å². The maximum Gasteiger partial charge on any atom is 0.185 e. The monoisotopic (exact) mass is 396 g/mol. The Morgan fingerprint density at radius 3 is 1.90 bits per heavy atom. The normalized spacial score (nSPS) is 15.9. The SMILES string of the molecule is CC1=C/C(=C\N=NC(C)=C(c2ccccc2)c2ccccc2)C=C(C(C)(C)C)C1=O. The van der Waals surface area contributed by atoms with Crippen LogP contribution < -0.4 is 0 Å². The van der Waals surface area contributed by atoms with Crippen molar-refractivity contribution in [3.8, 4) is 0 Å². The molecule has 3 rings (SSSR count). The first kappa shape index (κ1) is 21.4. The van der Waals surface area contributed by atoms with Crippen molar-refractivity contribution >= 4 is 11.4 Å². The fourth-order valence-corrected chi connectivity index (χ4v) is 3.46. The van der Waals surface area contributed by atoms with Gasteiger partial charge in [0.25, 0.3) is 0 Å². The van der Waals surface area contributed by atoms with Gasteiger partial charge in [0.1, 0.15) is 0 Å². The van der Waals surface area contributed by atoms with Gasteiger partial charge < -0.3 is 0 Å². The number of Topliss-reactive ketones (excluding diaryl/α,β-unsaturated/α-hetero) is 1. The van der Waals surface area contributed by atoms with Gasteiger partial charge in [0.2, 0.25) is 0 Å². The number of ketones is 1. The summed E-state index contributed by atoms with van der Waals surface area (Å²) in [4.78, 5) is 12.5. The molecular weight excluding hydrogens is 368 g/mol. The molecule has 30 heavy (non-hydrogen) atoms. The van der Waals surface area contributed by atoms with Crippen molar-refractivity contribution in [2.24, 2.45) is 15.6 Å². The van der Waals surface area contributed by atoms with E-state index in [1.807, 2.05) is 83.2 Å². The number of benzene rings is 2. The van der Waals surface area contributed by atoms with Gasteiger partial charge in [-0.05, 0) is 53.7 Å². The van der Waals surface area contributed by atoms with E-state index in [-0.39, 0.29) is 11.2 Å². The fraction of sp³-hybridized carbons (Fsp3) is 0.222. The molecule has 3 heteroatoms. The Morgan fingerprint density at radius 1 is 0.867 bits per heavy atom. The zero-order valence-corrected chi connectivity index (χ0v) is 18.3. The largest absolute Gasteiger partial charge is 0.289 e. The minimum atomic E-state index is -0.216. The van der Waals surface area contributed by atoms with Crippen LogP contribution in [0.1, 0.15) is 45.7 Å². The van der Waals surface area contributed by atoms with E-state index in [1.54, 1.807) is 6.20 Å². The molecule has 1 aliphatic carbocycles. The van der Waals surface area contributed by atoms with Gasteiger partial charge in [-0.25, -0.2) is 0 Å². The van der Waals surface area contributed by atoms with Crippen LogP contribution in [-0.2, 0) is 4.79 Å². The molecule has 0 aromatic heterocycles. The Bertz CT molecular complexity index is 1040. The molecule has 1 aliphatic rings. The van der Waals surface area contributed by atoms with Crippen LogP contribution in [0.3, 0.4) is 0 Å². The lowest BCUT2D eigenvalue weighted by Crippen LogP contribution is -2.21. The van der Waals surface area contributed by atoms with E-state index in [9.17, 15) is 4.79 Å². The van der Waals surface area contributed by atoms with Crippen LogP contribution >= 0.6 is 0 Å². The molecule has 152 valence electrons. The summed E-state index contributed by atoms with van der Waals surface area (Å²) in [5, 5.41) is 8.83. The summed E-state index contributed by atoms with van der Waals surface area (Å²) < 4.78 is 0. The van der Waals surface area contributed by atoms with E-state index >= 15 is 0 Å². The predicted octanol–water partition coefficient (Wildman–Crippen LogP) is 7.30. The molecule has 2 aromatic carbocycles. The summed E-state index contributed by atoms with van der Waals surface area (Å²) in [6, 6.07) is 20.4. The molecule has 0 amide bonds. The molecule has 0 saturated heterocycles. The van der Waals surface area contributed by atoms with Gasteiger partial charge in [-0.3, -0.25) is 4.79 Å². The molecular formula is C27H28N2O. The van der Waals surface area contributed by atoms with Gasteiger partial charge >= 0.3 is 0 Å². The average Bonchev–Trinajstić information content (AvgIpc) is 2.71. The molecule has 0 aliphatic heterocycles. The van der Waals surface area contributed by atoms with E-state index < -0.39 is 0 Å². The lowest BCUT2D eigenvalue weighted by molar-refractivity contribution is -0.113. The van der Waals surface area contributed by atoms with Crippen molar-refractivity contribution in [1.82, 2.24) is 0 Å². The second-order valence-electron chi connectivity index (χ2n) is 8.50. The standard InChI is InChI=1S/C27H28N2O/c1-19-16-21(17-24(26(19)30)27(3,4)5)18-28-29-20(2)25(22-12-8-6-9-13-22)23-14-10-7-11-15-23/h6-18H,1-5H3/b21-18+,29-28?. The highest BCUT2D eigenvalue weighted by Crippen LogP contribution is 2.33. The van der Waals surface area contributed by atoms with Gasteiger partial charge in [0.15, 0.2) is 5.78 Å². The molecule has 3 nitrogen and oxygen atoms in total. The lowest BCUT2D eigenvalue weighted by atomic mass is 9.78. The third kappa shape index (κ3) is 4.98. The number of carbonyl (C=O) groups excluding carboxylic acids is 1. The number of rotatable bonds is 4. The van der Waals surface area contributed by atoms with Gasteiger partial charge in [-0.2, -0.15) is 10.2 Å². The van der Waals surface area contributed by atoms with Crippen molar-refractivity contribution < 1.29 is 4.79 Å². The first-order chi connectivity index (χ1) is 14.3. The molecule has 0 atom stereocenters. The number of azo groups is 1. The number of hydrogen-bond donors (Lipinski definition) is 0. The molecule has 0 spiro atoms. The summed E-state index contributed by atoms with van der Waals surface area (Å²) in [6.45, 7) is 9.97. The number of allylic oxidation sites excluding steroid dienone is 6. The number of nitrogens with zero attached hydrogens (tertiary/aromatic N) is 2. The minimum Gasteiger partial charge on any atom is -0.289 e. The third-order valence-electron chi connectivity index (χ3n) is 5.01.